The average molecular weight is 605 g/mol. The fourth-order valence-electron chi connectivity index (χ4n) is 7.78. The van der Waals surface area contributed by atoms with Gasteiger partial charge in [-0.25, -0.2) is 4.79 Å². The van der Waals surface area contributed by atoms with Gasteiger partial charge in [-0.05, 0) is 83.6 Å². The number of aliphatic hydroxyl groups is 1. The molecule has 0 radical (unpaired) electrons. The van der Waals surface area contributed by atoms with Crippen molar-refractivity contribution < 1.29 is 28.8 Å². The first-order valence-corrected chi connectivity index (χ1v) is 18.6. The zero-order valence-electron chi connectivity index (χ0n) is 27.7. The minimum atomic E-state index is -0.345. The smallest absolute Gasteiger partial charge is 0.334 e. The number of hydrogen-bond donors (Lipinski definition) is 1. The molecule has 4 heterocycles. The van der Waals surface area contributed by atoms with Gasteiger partial charge in [0.15, 0.2) is 0 Å². The first-order valence-electron chi connectivity index (χ1n) is 18.6. The fourth-order valence-corrected chi connectivity index (χ4v) is 7.78. The largest absolute Gasteiger partial charge is 0.455 e. The fraction of sp³-hybridized carbons (Fsp3) is 0.919. The molecule has 8 atom stereocenters. The van der Waals surface area contributed by atoms with Crippen LogP contribution in [0, 0.1) is 0 Å². The molecule has 0 bridgehead atoms. The lowest BCUT2D eigenvalue weighted by Gasteiger charge is -2.34. The van der Waals surface area contributed by atoms with Crippen LogP contribution in [0.3, 0.4) is 0 Å². The third-order valence-electron chi connectivity index (χ3n) is 10.4. The molecule has 0 aliphatic carbocycles. The predicted molar refractivity (Wildman–Crippen MR) is 172 cm³/mol. The molecule has 0 unspecified atom stereocenters. The van der Waals surface area contributed by atoms with Crippen molar-refractivity contribution in [2.24, 2.45) is 0 Å². The Morgan fingerprint density at radius 3 is 2.00 bits per heavy atom. The van der Waals surface area contributed by atoms with E-state index in [0.29, 0.717) is 6.10 Å². The molecule has 3 saturated heterocycles. The van der Waals surface area contributed by atoms with Crippen LogP contribution < -0.4 is 0 Å². The third kappa shape index (κ3) is 12.1. The summed E-state index contributed by atoms with van der Waals surface area (Å²) in [5.74, 6) is -0.113. The Labute approximate surface area is 263 Å². The third-order valence-corrected chi connectivity index (χ3v) is 10.4. The second-order valence-corrected chi connectivity index (χ2v) is 14.1. The molecule has 0 spiro atoms. The molecule has 6 nitrogen and oxygen atoms in total. The molecule has 0 aromatic carbocycles. The van der Waals surface area contributed by atoms with E-state index in [1.807, 2.05) is 13.0 Å². The van der Waals surface area contributed by atoms with Crippen LogP contribution in [0.25, 0.3) is 0 Å². The first-order chi connectivity index (χ1) is 21.0. The Kier molecular flexibility index (Phi) is 15.9. The minimum Gasteiger partial charge on any atom is -0.455 e. The molecule has 4 aliphatic heterocycles. The summed E-state index contributed by atoms with van der Waals surface area (Å²) in [5.41, 5.74) is 0.875. The van der Waals surface area contributed by atoms with Crippen LogP contribution >= 0.6 is 0 Å². The summed E-state index contributed by atoms with van der Waals surface area (Å²) < 4.78 is 24.6. The Balaban J connectivity index is 0.972. The topological polar surface area (TPSA) is 74.2 Å². The molecule has 0 aromatic heterocycles. The van der Waals surface area contributed by atoms with Crippen LogP contribution in [0.2, 0.25) is 0 Å². The number of cyclic esters (lactones) is 1. The van der Waals surface area contributed by atoms with Crippen molar-refractivity contribution in [3.05, 3.63) is 11.6 Å². The van der Waals surface area contributed by atoms with Gasteiger partial charge in [-0.2, -0.15) is 0 Å². The van der Waals surface area contributed by atoms with Crippen molar-refractivity contribution in [3.8, 4) is 0 Å². The summed E-state index contributed by atoms with van der Waals surface area (Å²) in [6, 6.07) is 0. The standard InChI is InChI=1S/C37H64O6/c1-3-4-5-15-19-30-20-17-22-33(41-30)34-25-26-36(43-34)35-24-23-32(42-35)31(38)21-16-13-11-9-7-6-8-10-12-14-18-29-27-28(2)40-37(29)39/h27-28,30-36,38H,3-26H2,1-2H3/t28-,30-,31+,32+,33-,34+,35+,36+/m0/s1. The Morgan fingerprint density at radius 1 is 0.721 bits per heavy atom. The molecule has 0 amide bonds. The van der Waals surface area contributed by atoms with Crippen molar-refractivity contribution in [2.75, 3.05) is 0 Å². The maximum Gasteiger partial charge on any atom is 0.334 e. The lowest BCUT2D eigenvalue weighted by atomic mass is 9.96. The highest BCUT2D eigenvalue weighted by Crippen LogP contribution is 2.37. The lowest BCUT2D eigenvalue weighted by molar-refractivity contribution is -0.145. The van der Waals surface area contributed by atoms with Gasteiger partial charge in [0.2, 0.25) is 0 Å². The van der Waals surface area contributed by atoms with Gasteiger partial charge >= 0.3 is 5.97 Å². The summed E-state index contributed by atoms with van der Waals surface area (Å²) in [6.45, 7) is 4.19. The number of unbranched alkanes of at least 4 members (excludes halogenated alkanes) is 12. The number of hydrogen-bond acceptors (Lipinski definition) is 6. The number of esters is 1. The summed E-state index contributed by atoms with van der Waals surface area (Å²) in [6.07, 6.45) is 30.9. The van der Waals surface area contributed by atoms with Gasteiger partial charge in [0, 0.05) is 5.57 Å². The Bertz CT molecular complexity index is 813. The van der Waals surface area contributed by atoms with E-state index in [9.17, 15) is 9.90 Å². The number of carbonyl (C=O) groups excluding carboxylic acids is 1. The summed E-state index contributed by atoms with van der Waals surface area (Å²) >= 11 is 0. The highest BCUT2D eigenvalue weighted by Gasteiger charge is 2.42. The molecule has 4 rings (SSSR count). The lowest BCUT2D eigenvalue weighted by Crippen LogP contribution is -2.38. The molecule has 4 aliphatic rings. The molecular formula is C37H64O6. The van der Waals surface area contributed by atoms with Crippen molar-refractivity contribution in [2.45, 2.75) is 217 Å². The summed E-state index contributed by atoms with van der Waals surface area (Å²) in [4.78, 5) is 11.6. The van der Waals surface area contributed by atoms with Gasteiger partial charge in [0.1, 0.15) is 6.10 Å². The SMILES string of the molecule is CCCCCC[C@H]1CCC[C@@H]([C@H]2CC[C@H]([C@H]3CC[C@H]([C@H](O)CCCCCCCCCCCCC4=C[C@H](C)OC4=O)O3)O2)O1. The van der Waals surface area contributed by atoms with E-state index >= 15 is 0 Å². The molecule has 248 valence electrons. The van der Waals surface area contributed by atoms with E-state index < -0.39 is 0 Å². The van der Waals surface area contributed by atoms with Gasteiger partial charge in [0.05, 0.1) is 42.7 Å². The highest BCUT2D eigenvalue weighted by molar-refractivity contribution is 5.90. The van der Waals surface area contributed by atoms with Crippen LogP contribution in [0.5, 0.6) is 0 Å². The zero-order chi connectivity index (χ0) is 30.3. The maximum atomic E-state index is 11.6. The Morgan fingerprint density at radius 2 is 1.33 bits per heavy atom. The Hall–Kier alpha value is -0.950. The van der Waals surface area contributed by atoms with E-state index in [1.54, 1.807) is 0 Å². The number of carbonyl (C=O) groups is 1. The van der Waals surface area contributed by atoms with Crippen LogP contribution in [0.15, 0.2) is 11.6 Å². The molecule has 6 heteroatoms. The van der Waals surface area contributed by atoms with E-state index in [2.05, 4.69) is 6.92 Å². The van der Waals surface area contributed by atoms with Gasteiger partial charge in [-0.3, -0.25) is 0 Å². The minimum absolute atomic E-state index is 0.0231. The molecule has 0 aromatic rings. The monoisotopic (exact) mass is 604 g/mol. The van der Waals surface area contributed by atoms with Crippen LogP contribution in [-0.2, 0) is 23.7 Å². The summed E-state index contributed by atoms with van der Waals surface area (Å²) in [7, 11) is 0. The van der Waals surface area contributed by atoms with Crippen LogP contribution in [0.1, 0.15) is 168 Å². The molecule has 3 fully saturated rings. The second kappa shape index (κ2) is 19.5. The van der Waals surface area contributed by atoms with E-state index in [-0.39, 0.29) is 48.7 Å². The number of aliphatic hydroxyl groups excluding tert-OH is 1. The van der Waals surface area contributed by atoms with E-state index in [4.69, 9.17) is 18.9 Å². The van der Waals surface area contributed by atoms with E-state index in [1.165, 1.54) is 96.3 Å². The van der Waals surface area contributed by atoms with Crippen molar-refractivity contribution in [1.82, 2.24) is 0 Å². The normalized spacial score (nSPS) is 31.8. The van der Waals surface area contributed by atoms with E-state index in [0.717, 1.165) is 63.4 Å². The quantitative estimate of drug-likeness (QED) is 0.104. The molecule has 0 saturated carbocycles. The first kappa shape index (κ1) is 34.9. The van der Waals surface area contributed by atoms with Gasteiger partial charge < -0.3 is 24.1 Å². The molecule has 43 heavy (non-hydrogen) atoms. The average Bonchev–Trinajstić information content (AvgIpc) is 3.76. The van der Waals surface area contributed by atoms with Crippen LogP contribution in [0.4, 0.5) is 0 Å². The van der Waals surface area contributed by atoms with Crippen molar-refractivity contribution >= 4 is 5.97 Å². The molecular weight excluding hydrogens is 540 g/mol. The van der Waals surface area contributed by atoms with Crippen LogP contribution in [-0.4, -0.2) is 59.9 Å². The van der Waals surface area contributed by atoms with Gasteiger partial charge in [-0.15, -0.1) is 0 Å². The summed E-state index contributed by atoms with van der Waals surface area (Å²) in [5, 5.41) is 10.8. The van der Waals surface area contributed by atoms with Crippen molar-refractivity contribution in [3.63, 3.8) is 0 Å². The van der Waals surface area contributed by atoms with Gasteiger partial charge in [-0.1, -0.05) is 90.4 Å². The predicted octanol–water partition coefficient (Wildman–Crippen LogP) is 8.90. The number of ether oxygens (including phenoxy) is 4. The number of rotatable bonds is 21. The second-order valence-electron chi connectivity index (χ2n) is 14.1. The van der Waals surface area contributed by atoms with Crippen molar-refractivity contribution in [1.29, 1.82) is 0 Å². The maximum absolute atomic E-state index is 11.6. The zero-order valence-corrected chi connectivity index (χ0v) is 27.7. The highest BCUT2D eigenvalue weighted by atomic mass is 16.6. The van der Waals surface area contributed by atoms with Gasteiger partial charge in [0.25, 0.3) is 0 Å². The molecule has 1 N–H and O–H groups in total.